The maximum atomic E-state index is 12.5. The molecule has 0 aromatic heterocycles. The van der Waals surface area contributed by atoms with E-state index in [0.717, 1.165) is 49.8 Å². The number of methoxy groups -OCH3 is 2. The van der Waals surface area contributed by atoms with E-state index in [2.05, 4.69) is 11.0 Å². The van der Waals surface area contributed by atoms with Crippen molar-refractivity contribution < 1.29 is 14.3 Å². The van der Waals surface area contributed by atoms with Gasteiger partial charge in [-0.05, 0) is 23.3 Å². The first-order valence-electron chi connectivity index (χ1n) is 8.94. The van der Waals surface area contributed by atoms with Crippen molar-refractivity contribution in [2.45, 2.75) is 13.0 Å². The van der Waals surface area contributed by atoms with E-state index in [0.29, 0.717) is 6.42 Å². The van der Waals surface area contributed by atoms with Crippen LogP contribution >= 0.6 is 0 Å². The molecule has 1 amide bonds. The number of carbonyl (C=O) groups excluding carboxylic acids is 1. The molecule has 0 saturated carbocycles. The Labute approximate surface area is 155 Å². The number of piperazine rings is 1. The number of amides is 1. The monoisotopic (exact) mass is 354 g/mol. The third-order valence-corrected chi connectivity index (χ3v) is 4.78. The maximum absolute atomic E-state index is 12.5. The summed E-state index contributed by atoms with van der Waals surface area (Å²) in [7, 11) is 3.29. The summed E-state index contributed by atoms with van der Waals surface area (Å²) in [5.41, 5.74) is 2.26. The maximum Gasteiger partial charge on any atom is 0.227 e. The highest BCUT2D eigenvalue weighted by Crippen LogP contribution is 2.28. The number of hydrogen-bond acceptors (Lipinski definition) is 4. The molecule has 1 fully saturated rings. The third kappa shape index (κ3) is 4.55. The molecular formula is C21H26N2O3. The van der Waals surface area contributed by atoms with Crippen LogP contribution in [0, 0.1) is 0 Å². The summed E-state index contributed by atoms with van der Waals surface area (Å²) < 4.78 is 10.7. The fraction of sp³-hybridized carbons (Fsp3) is 0.381. The lowest BCUT2D eigenvalue weighted by Gasteiger charge is -2.35. The molecule has 0 radical (unpaired) electrons. The Bertz CT molecular complexity index is 725. The second-order valence-electron chi connectivity index (χ2n) is 6.51. The Morgan fingerprint density at radius 2 is 1.58 bits per heavy atom. The molecule has 5 heteroatoms. The minimum atomic E-state index is 0.210. The van der Waals surface area contributed by atoms with Crippen LogP contribution in [0.1, 0.15) is 11.1 Å². The Kier molecular flexibility index (Phi) is 6.12. The van der Waals surface area contributed by atoms with Gasteiger partial charge in [0.05, 0.1) is 20.6 Å². The van der Waals surface area contributed by atoms with Gasteiger partial charge in [0.25, 0.3) is 0 Å². The molecule has 1 aliphatic rings. The van der Waals surface area contributed by atoms with Crippen LogP contribution in [0.15, 0.2) is 48.5 Å². The molecule has 26 heavy (non-hydrogen) atoms. The summed E-state index contributed by atoms with van der Waals surface area (Å²) in [6, 6.07) is 16.0. The fourth-order valence-corrected chi connectivity index (χ4v) is 3.27. The highest BCUT2D eigenvalue weighted by Gasteiger charge is 2.21. The molecule has 5 nitrogen and oxygen atoms in total. The first kappa shape index (κ1) is 18.3. The summed E-state index contributed by atoms with van der Waals surface area (Å²) in [4.78, 5) is 16.8. The first-order valence-corrected chi connectivity index (χ1v) is 8.94. The van der Waals surface area contributed by atoms with Gasteiger partial charge in [0.15, 0.2) is 11.5 Å². The van der Waals surface area contributed by atoms with Gasteiger partial charge in [-0.3, -0.25) is 9.69 Å². The largest absolute Gasteiger partial charge is 0.493 e. The molecule has 1 saturated heterocycles. The second kappa shape index (κ2) is 8.72. The van der Waals surface area contributed by atoms with E-state index in [1.807, 2.05) is 47.4 Å². The molecule has 0 aliphatic carbocycles. The minimum absolute atomic E-state index is 0.210. The van der Waals surface area contributed by atoms with Crippen molar-refractivity contribution >= 4 is 5.91 Å². The molecule has 2 aromatic carbocycles. The van der Waals surface area contributed by atoms with Crippen LogP contribution in [0.25, 0.3) is 0 Å². The zero-order valence-corrected chi connectivity index (χ0v) is 15.5. The van der Waals surface area contributed by atoms with Crippen molar-refractivity contribution in [3.63, 3.8) is 0 Å². The number of benzene rings is 2. The van der Waals surface area contributed by atoms with Gasteiger partial charge in [-0.15, -0.1) is 0 Å². The quantitative estimate of drug-likeness (QED) is 0.800. The molecule has 1 aliphatic heterocycles. The van der Waals surface area contributed by atoms with E-state index >= 15 is 0 Å². The van der Waals surface area contributed by atoms with Crippen molar-refractivity contribution in [3.05, 3.63) is 59.7 Å². The number of carbonyl (C=O) groups is 1. The van der Waals surface area contributed by atoms with Gasteiger partial charge in [0.1, 0.15) is 0 Å². The molecule has 138 valence electrons. The highest BCUT2D eigenvalue weighted by molar-refractivity contribution is 5.78. The summed E-state index contributed by atoms with van der Waals surface area (Å²) in [5, 5.41) is 0. The van der Waals surface area contributed by atoms with Crippen molar-refractivity contribution in [2.24, 2.45) is 0 Å². The molecule has 2 aromatic rings. The van der Waals surface area contributed by atoms with E-state index in [9.17, 15) is 4.79 Å². The zero-order chi connectivity index (χ0) is 18.4. The highest BCUT2D eigenvalue weighted by atomic mass is 16.5. The number of rotatable bonds is 6. The summed E-state index contributed by atoms with van der Waals surface area (Å²) >= 11 is 0. The molecule has 3 rings (SSSR count). The predicted molar refractivity (Wildman–Crippen MR) is 102 cm³/mol. The van der Waals surface area contributed by atoms with Crippen LogP contribution in [-0.4, -0.2) is 56.1 Å². The van der Waals surface area contributed by atoms with E-state index in [-0.39, 0.29) is 5.91 Å². The molecule has 0 spiro atoms. The lowest BCUT2D eigenvalue weighted by atomic mass is 10.1. The van der Waals surface area contributed by atoms with Gasteiger partial charge >= 0.3 is 0 Å². The molecule has 1 heterocycles. The fourth-order valence-electron chi connectivity index (χ4n) is 3.27. The molecule has 0 atom stereocenters. The summed E-state index contributed by atoms with van der Waals surface area (Å²) in [5.74, 6) is 1.70. The van der Waals surface area contributed by atoms with Crippen LogP contribution in [0.3, 0.4) is 0 Å². The standard InChI is InChI=1S/C21H26N2O3/c1-25-19-9-8-18(14-20(19)26-2)16-22-10-12-23(13-11-22)21(24)15-17-6-4-3-5-7-17/h3-9,14H,10-13,15-16H2,1-2H3. The Balaban J connectivity index is 1.51. The third-order valence-electron chi connectivity index (χ3n) is 4.78. The SMILES string of the molecule is COc1ccc(CN2CCN(C(=O)Cc3ccccc3)CC2)cc1OC. The van der Waals surface area contributed by atoms with Crippen molar-refractivity contribution in [2.75, 3.05) is 40.4 Å². The van der Waals surface area contributed by atoms with Crippen molar-refractivity contribution in [1.29, 1.82) is 0 Å². The molecule has 0 bridgehead atoms. The lowest BCUT2D eigenvalue weighted by molar-refractivity contribution is -0.132. The zero-order valence-electron chi connectivity index (χ0n) is 15.5. The van der Waals surface area contributed by atoms with E-state index in [1.54, 1.807) is 14.2 Å². The van der Waals surface area contributed by atoms with Crippen LogP contribution in [-0.2, 0) is 17.8 Å². The second-order valence-corrected chi connectivity index (χ2v) is 6.51. The summed E-state index contributed by atoms with van der Waals surface area (Å²) in [6.45, 7) is 4.17. The molecular weight excluding hydrogens is 328 g/mol. The van der Waals surface area contributed by atoms with Crippen LogP contribution in [0.4, 0.5) is 0 Å². The Hall–Kier alpha value is -2.53. The van der Waals surface area contributed by atoms with Gasteiger partial charge in [-0.25, -0.2) is 0 Å². The van der Waals surface area contributed by atoms with Gasteiger partial charge in [-0.1, -0.05) is 36.4 Å². The van der Waals surface area contributed by atoms with Crippen LogP contribution in [0.2, 0.25) is 0 Å². The van der Waals surface area contributed by atoms with Crippen LogP contribution < -0.4 is 9.47 Å². The van der Waals surface area contributed by atoms with Gasteiger partial charge < -0.3 is 14.4 Å². The number of ether oxygens (including phenoxy) is 2. The smallest absolute Gasteiger partial charge is 0.227 e. The van der Waals surface area contributed by atoms with Gasteiger partial charge in [0.2, 0.25) is 5.91 Å². The van der Waals surface area contributed by atoms with Crippen molar-refractivity contribution in [3.8, 4) is 11.5 Å². The predicted octanol–water partition coefficient (Wildman–Crippen LogP) is 2.59. The molecule has 0 N–H and O–H groups in total. The number of nitrogens with zero attached hydrogens (tertiary/aromatic N) is 2. The average Bonchev–Trinajstić information content (AvgIpc) is 2.69. The number of hydrogen-bond donors (Lipinski definition) is 0. The van der Waals surface area contributed by atoms with E-state index < -0.39 is 0 Å². The Morgan fingerprint density at radius 1 is 0.885 bits per heavy atom. The van der Waals surface area contributed by atoms with Crippen LogP contribution in [0.5, 0.6) is 11.5 Å². The first-order chi connectivity index (χ1) is 12.7. The summed E-state index contributed by atoms with van der Waals surface area (Å²) in [6.07, 6.45) is 0.483. The average molecular weight is 354 g/mol. The Morgan fingerprint density at radius 3 is 2.23 bits per heavy atom. The van der Waals surface area contributed by atoms with Gasteiger partial charge in [-0.2, -0.15) is 0 Å². The topological polar surface area (TPSA) is 42.0 Å². The van der Waals surface area contributed by atoms with E-state index in [4.69, 9.17) is 9.47 Å². The minimum Gasteiger partial charge on any atom is -0.493 e. The normalized spacial score (nSPS) is 14.9. The van der Waals surface area contributed by atoms with Crippen molar-refractivity contribution in [1.82, 2.24) is 9.80 Å². The molecule has 0 unspecified atom stereocenters. The van der Waals surface area contributed by atoms with E-state index in [1.165, 1.54) is 5.56 Å². The lowest BCUT2D eigenvalue weighted by Crippen LogP contribution is -2.48. The van der Waals surface area contributed by atoms with Gasteiger partial charge in [0, 0.05) is 32.7 Å².